The van der Waals surface area contributed by atoms with E-state index in [2.05, 4.69) is 20.2 Å². The van der Waals surface area contributed by atoms with Crippen molar-refractivity contribution in [2.24, 2.45) is 10.4 Å². The van der Waals surface area contributed by atoms with Gasteiger partial charge in [0.2, 0.25) is 0 Å². The summed E-state index contributed by atoms with van der Waals surface area (Å²) in [4.78, 5) is 10.8. The second-order valence-corrected chi connectivity index (χ2v) is 6.58. The van der Waals surface area contributed by atoms with Crippen molar-refractivity contribution in [1.29, 1.82) is 0 Å². The van der Waals surface area contributed by atoms with E-state index in [9.17, 15) is 8.78 Å². The summed E-state index contributed by atoms with van der Waals surface area (Å²) < 4.78 is 26.6. The number of rotatable bonds is 4. The zero-order chi connectivity index (χ0) is 16.3. The van der Waals surface area contributed by atoms with Crippen LogP contribution in [0.2, 0.25) is 0 Å². The van der Waals surface area contributed by atoms with Gasteiger partial charge >= 0.3 is 6.55 Å². The fraction of sp³-hybridized carbons (Fsp3) is 0.750. The van der Waals surface area contributed by atoms with Crippen molar-refractivity contribution >= 4 is 5.96 Å². The van der Waals surface area contributed by atoms with Crippen LogP contribution in [-0.2, 0) is 6.54 Å². The molecule has 1 aromatic rings. The van der Waals surface area contributed by atoms with E-state index < -0.39 is 6.55 Å². The molecule has 2 heterocycles. The molecule has 1 aromatic heterocycles. The highest BCUT2D eigenvalue weighted by Crippen LogP contribution is 2.45. The second-order valence-electron chi connectivity index (χ2n) is 6.58. The standard InChI is InChI=1S/C16H25F2N5/c1-2-19-15(21-11-13-20-8-10-23(13)14(17)18)22-9-7-16(12-22)5-3-4-6-16/h8,10,14H,2-7,9,11-12H2,1H3,(H,19,21). The van der Waals surface area contributed by atoms with Crippen LogP contribution >= 0.6 is 0 Å². The summed E-state index contributed by atoms with van der Waals surface area (Å²) in [5, 5.41) is 3.29. The number of hydrogen-bond donors (Lipinski definition) is 1. The van der Waals surface area contributed by atoms with Crippen molar-refractivity contribution in [2.45, 2.75) is 52.1 Å². The molecule has 0 radical (unpaired) electrons. The molecule has 1 saturated heterocycles. The Morgan fingerprint density at radius 1 is 1.39 bits per heavy atom. The van der Waals surface area contributed by atoms with Crippen molar-refractivity contribution in [3.8, 4) is 0 Å². The van der Waals surface area contributed by atoms with E-state index in [0.717, 1.165) is 30.2 Å². The predicted octanol–water partition coefficient (Wildman–Crippen LogP) is 3.01. The first-order chi connectivity index (χ1) is 11.1. The molecule has 1 saturated carbocycles. The molecule has 23 heavy (non-hydrogen) atoms. The average Bonchev–Trinajstić information content (AvgIpc) is 3.25. The lowest BCUT2D eigenvalue weighted by atomic mass is 9.86. The zero-order valence-corrected chi connectivity index (χ0v) is 13.6. The predicted molar refractivity (Wildman–Crippen MR) is 85.4 cm³/mol. The first-order valence-electron chi connectivity index (χ1n) is 8.47. The van der Waals surface area contributed by atoms with Crippen LogP contribution in [0.5, 0.6) is 0 Å². The minimum absolute atomic E-state index is 0.170. The Morgan fingerprint density at radius 3 is 2.87 bits per heavy atom. The largest absolute Gasteiger partial charge is 0.357 e. The van der Waals surface area contributed by atoms with E-state index in [4.69, 9.17) is 0 Å². The Hall–Kier alpha value is -1.66. The van der Waals surface area contributed by atoms with Gasteiger partial charge in [0.05, 0.1) is 0 Å². The van der Waals surface area contributed by atoms with Gasteiger partial charge in [0.25, 0.3) is 0 Å². The molecule has 0 bridgehead atoms. The Balaban J connectivity index is 1.70. The number of aliphatic imine (C=N–C) groups is 1. The number of imidazole rings is 1. The third-order valence-corrected chi connectivity index (χ3v) is 5.07. The van der Waals surface area contributed by atoms with Crippen LogP contribution in [0.4, 0.5) is 8.78 Å². The first kappa shape index (κ1) is 16.2. The number of hydrogen-bond acceptors (Lipinski definition) is 2. The van der Waals surface area contributed by atoms with Crippen molar-refractivity contribution in [3.63, 3.8) is 0 Å². The van der Waals surface area contributed by atoms with Crippen LogP contribution in [0, 0.1) is 5.41 Å². The number of nitrogens with one attached hydrogen (secondary N) is 1. The molecule has 1 N–H and O–H groups in total. The van der Waals surface area contributed by atoms with Crippen LogP contribution in [0.1, 0.15) is 51.4 Å². The minimum atomic E-state index is -2.57. The summed E-state index contributed by atoms with van der Waals surface area (Å²) in [6, 6.07) is 0. The van der Waals surface area contributed by atoms with Gasteiger partial charge < -0.3 is 10.2 Å². The van der Waals surface area contributed by atoms with Crippen LogP contribution < -0.4 is 5.32 Å². The average molecular weight is 325 g/mol. The van der Waals surface area contributed by atoms with Gasteiger partial charge in [-0.2, -0.15) is 8.78 Å². The zero-order valence-electron chi connectivity index (χ0n) is 13.6. The van der Waals surface area contributed by atoms with Crippen molar-refractivity contribution in [2.75, 3.05) is 19.6 Å². The van der Waals surface area contributed by atoms with Gasteiger partial charge in [-0.05, 0) is 31.6 Å². The van der Waals surface area contributed by atoms with Gasteiger partial charge in [-0.15, -0.1) is 0 Å². The molecular formula is C16H25F2N5. The quantitative estimate of drug-likeness (QED) is 0.684. The van der Waals surface area contributed by atoms with Crippen LogP contribution in [0.25, 0.3) is 0 Å². The van der Waals surface area contributed by atoms with E-state index >= 15 is 0 Å². The number of alkyl halides is 2. The fourth-order valence-electron chi connectivity index (χ4n) is 3.86. The van der Waals surface area contributed by atoms with Gasteiger partial charge in [-0.3, -0.25) is 4.57 Å². The lowest BCUT2D eigenvalue weighted by Crippen LogP contribution is -2.41. The smallest absolute Gasteiger partial charge is 0.319 e. The first-order valence-corrected chi connectivity index (χ1v) is 8.47. The second kappa shape index (κ2) is 6.84. The Morgan fingerprint density at radius 2 is 2.17 bits per heavy atom. The maximum atomic E-state index is 12.9. The lowest BCUT2D eigenvalue weighted by Gasteiger charge is -2.25. The fourth-order valence-corrected chi connectivity index (χ4v) is 3.86. The summed E-state index contributed by atoms with van der Waals surface area (Å²) in [6.45, 7) is 2.42. The van der Waals surface area contributed by atoms with Crippen molar-refractivity contribution in [3.05, 3.63) is 18.2 Å². The van der Waals surface area contributed by atoms with Crippen molar-refractivity contribution < 1.29 is 8.78 Å². The summed E-state index contributed by atoms with van der Waals surface area (Å²) in [5.41, 5.74) is 0.456. The third kappa shape index (κ3) is 3.48. The number of likely N-dealkylation sites (tertiary alicyclic amines) is 1. The molecule has 2 aliphatic rings. The van der Waals surface area contributed by atoms with E-state index in [1.807, 2.05) is 6.92 Å². The van der Waals surface area contributed by atoms with Gasteiger partial charge in [0, 0.05) is 32.0 Å². The number of nitrogens with zero attached hydrogens (tertiary/aromatic N) is 4. The van der Waals surface area contributed by atoms with Gasteiger partial charge in [-0.25, -0.2) is 9.98 Å². The molecular weight excluding hydrogens is 300 g/mol. The highest BCUT2D eigenvalue weighted by Gasteiger charge is 2.41. The normalized spacial score (nSPS) is 20.9. The summed E-state index contributed by atoms with van der Waals surface area (Å²) >= 11 is 0. The molecule has 0 amide bonds. The maximum absolute atomic E-state index is 12.9. The molecule has 0 aromatic carbocycles. The maximum Gasteiger partial charge on any atom is 0.319 e. The Bertz CT molecular complexity index is 548. The minimum Gasteiger partial charge on any atom is -0.357 e. The van der Waals surface area contributed by atoms with E-state index in [0.29, 0.717) is 11.2 Å². The Labute approximate surface area is 135 Å². The van der Waals surface area contributed by atoms with Crippen LogP contribution in [0.15, 0.2) is 17.4 Å². The highest BCUT2D eigenvalue weighted by atomic mass is 19.3. The monoisotopic (exact) mass is 325 g/mol. The number of aromatic nitrogens is 2. The van der Waals surface area contributed by atoms with Crippen molar-refractivity contribution in [1.82, 2.24) is 19.8 Å². The summed E-state index contributed by atoms with van der Waals surface area (Å²) in [5.74, 6) is 1.12. The molecule has 3 rings (SSSR count). The molecule has 2 fully saturated rings. The highest BCUT2D eigenvalue weighted by molar-refractivity contribution is 5.80. The summed E-state index contributed by atoms with van der Waals surface area (Å²) in [7, 11) is 0. The topological polar surface area (TPSA) is 45.5 Å². The molecule has 128 valence electrons. The molecule has 1 aliphatic heterocycles. The van der Waals surface area contributed by atoms with E-state index in [1.54, 1.807) is 0 Å². The van der Waals surface area contributed by atoms with Gasteiger partial charge in [-0.1, -0.05) is 12.8 Å². The number of guanidine groups is 1. The van der Waals surface area contributed by atoms with Crippen LogP contribution in [0.3, 0.4) is 0 Å². The number of halogens is 2. The molecule has 0 unspecified atom stereocenters. The summed E-state index contributed by atoms with van der Waals surface area (Å²) in [6.07, 6.45) is 9.17. The molecule has 1 aliphatic carbocycles. The molecule has 5 nitrogen and oxygen atoms in total. The van der Waals surface area contributed by atoms with Crippen LogP contribution in [-0.4, -0.2) is 40.0 Å². The Kier molecular flexibility index (Phi) is 4.82. The SMILES string of the molecule is CCNC(=NCc1nccn1C(F)F)N1CCC2(CCCC2)C1. The van der Waals surface area contributed by atoms with Gasteiger partial charge in [0.1, 0.15) is 12.4 Å². The molecule has 7 heteroatoms. The lowest BCUT2D eigenvalue weighted by molar-refractivity contribution is 0.0671. The van der Waals surface area contributed by atoms with Gasteiger partial charge in [0.15, 0.2) is 5.96 Å². The van der Waals surface area contributed by atoms with E-state index in [-0.39, 0.29) is 6.54 Å². The molecule has 0 atom stereocenters. The molecule has 1 spiro atoms. The van der Waals surface area contributed by atoms with E-state index in [1.165, 1.54) is 44.5 Å². The third-order valence-electron chi connectivity index (χ3n) is 5.07.